The third-order valence-electron chi connectivity index (χ3n) is 6.06. The molecule has 0 radical (unpaired) electrons. The van der Waals surface area contributed by atoms with Crippen molar-refractivity contribution < 1.29 is 14.6 Å². The lowest BCUT2D eigenvalue weighted by Crippen LogP contribution is -2.43. The van der Waals surface area contributed by atoms with Gasteiger partial charge in [0.15, 0.2) is 5.82 Å². The van der Waals surface area contributed by atoms with E-state index in [0.29, 0.717) is 43.3 Å². The Bertz CT molecular complexity index is 1040. The number of hydrogen-bond donors (Lipinski definition) is 1. The summed E-state index contributed by atoms with van der Waals surface area (Å²) in [7, 11) is 3.23. The van der Waals surface area contributed by atoms with E-state index in [1.807, 2.05) is 44.2 Å². The maximum atomic E-state index is 11.4. The Balaban J connectivity index is 1.60. The normalized spacial score (nSPS) is 15.6. The Labute approximate surface area is 182 Å². The number of aromatic nitrogens is 3. The summed E-state index contributed by atoms with van der Waals surface area (Å²) in [4.78, 5) is 15.9. The predicted molar refractivity (Wildman–Crippen MR) is 120 cm³/mol. The van der Waals surface area contributed by atoms with Crippen LogP contribution in [-0.4, -0.2) is 47.4 Å². The SMILES string of the molecule is COc1cc(OC)cc(C2(O)CCN(c3nc(-c4cccnc4)nc(C)c3C)CC2)c1. The van der Waals surface area contributed by atoms with Gasteiger partial charge in [0.1, 0.15) is 17.3 Å². The van der Waals surface area contributed by atoms with Crippen molar-refractivity contribution in [2.45, 2.75) is 32.3 Å². The van der Waals surface area contributed by atoms with Crippen LogP contribution in [0.4, 0.5) is 5.82 Å². The molecule has 1 N–H and O–H groups in total. The van der Waals surface area contributed by atoms with Gasteiger partial charge in [-0.25, -0.2) is 9.97 Å². The second-order valence-electron chi connectivity index (χ2n) is 7.94. The number of nitrogens with zero attached hydrogens (tertiary/aromatic N) is 4. The number of anilines is 1. The molecule has 1 aromatic carbocycles. The average molecular weight is 421 g/mol. The van der Waals surface area contributed by atoms with E-state index in [2.05, 4.69) is 14.9 Å². The highest BCUT2D eigenvalue weighted by Gasteiger charge is 2.36. The first-order valence-corrected chi connectivity index (χ1v) is 10.4. The molecule has 0 spiro atoms. The van der Waals surface area contributed by atoms with Crippen LogP contribution in [0.15, 0.2) is 42.7 Å². The first kappa shape index (κ1) is 21.1. The lowest BCUT2D eigenvalue weighted by atomic mass is 9.84. The molecule has 0 saturated carbocycles. The van der Waals surface area contributed by atoms with E-state index in [0.717, 1.165) is 28.2 Å². The number of piperidine rings is 1. The number of pyridine rings is 1. The predicted octanol–water partition coefficient (Wildman–Crippen LogP) is 3.66. The van der Waals surface area contributed by atoms with Crippen molar-refractivity contribution >= 4 is 5.82 Å². The zero-order valence-corrected chi connectivity index (χ0v) is 18.4. The second kappa shape index (κ2) is 8.51. The molecule has 7 heteroatoms. The molecule has 1 aliphatic rings. The van der Waals surface area contributed by atoms with Crippen LogP contribution in [0.3, 0.4) is 0 Å². The van der Waals surface area contributed by atoms with Crippen LogP contribution in [0.5, 0.6) is 11.5 Å². The molecular formula is C24H28N4O3. The molecule has 1 aliphatic heterocycles. The maximum absolute atomic E-state index is 11.4. The largest absolute Gasteiger partial charge is 0.497 e. The van der Waals surface area contributed by atoms with Gasteiger partial charge in [0, 0.05) is 48.4 Å². The van der Waals surface area contributed by atoms with Crippen molar-refractivity contribution in [1.29, 1.82) is 0 Å². The van der Waals surface area contributed by atoms with E-state index in [-0.39, 0.29) is 0 Å². The summed E-state index contributed by atoms with van der Waals surface area (Å²) in [6.45, 7) is 5.41. The van der Waals surface area contributed by atoms with E-state index in [1.54, 1.807) is 26.6 Å². The molecule has 0 atom stereocenters. The third-order valence-corrected chi connectivity index (χ3v) is 6.06. The number of rotatable bonds is 5. The molecule has 31 heavy (non-hydrogen) atoms. The zero-order valence-electron chi connectivity index (χ0n) is 18.4. The van der Waals surface area contributed by atoms with Crippen molar-refractivity contribution in [2.75, 3.05) is 32.2 Å². The van der Waals surface area contributed by atoms with Crippen molar-refractivity contribution in [3.8, 4) is 22.9 Å². The zero-order chi connectivity index (χ0) is 22.0. The van der Waals surface area contributed by atoms with Gasteiger partial charge in [-0.05, 0) is 56.5 Å². The Hall–Kier alpha value is -3.19. The number of aryl methyl sites for hydroxylation is 1. The van der Waals surface area contributed by atoms with Gasteiger partial charge in [-0.15, -0.1) is 0 Å². The Morgan fingerprint density at radius 1 is 1.00 bits per heavy atom. The van der Waals surface area contributed by atoms with Gasteiger partial charge >= 0.3 is 0 Å². The Morgan fingerprint density at radius 2 is 1.68 bits per heavy atom. The Kier molecular flexibility index (Phi) is 5.78. The van der Waals surface area contributed by atoms with Crippen LogP contribution in [0, 0.1) is 13.8 Å². The highest BCUT2D eigenvalue weighted by molar-refractivity contribution is 5.59. The van der Waals surface area contributed by atoms with Crippen molar-refractivity contribution in [2.24, 2.45) is 0 Å². The monoisotopic (exact) mass is 420 g/mol. The molecule has 3 heterocycles. The average Bonchev–Trinajstić information content (AvgIpc) is 2.81. The number of benzene rings is 1. The summed E-state index contributed by atoms with van der Waals surface area (Å²) in [5.74, 6) is 2.93. The molecule has 1 saturated heterocycles. The van der Waals surface area contributed by atoms with Gasteiger partial charge in [-0.2, -0.15) is 0 Å². The molecule has 1 fully saturated rings. The summed E-state index contributed by atoms with van der Waals surface area (Å²) < 4.78 is 10.8. The molecule has 0 aliphatic carbocycles. The summed E-state index contributed by atoms with van der Waals surface area (Å²) in [5.41, 5.74) is 2.77. The number of methoxy groups -OCH3 is 2. The van der Waals surface area contributed by atoms with Crippen LogP contribution < -0.4 is 14.4 Å². The molecule has 4 rings (SSSR count). The second-order valence-corrected chi connectivity index (χ2v) is 7.94. The van der Waals surface area contributed by atoms with E-state index < -0.39 is 5.60 Å². The minimum atomic E-state index is -0.944. The smallest absolute Gasteiger partial charge is 0.163 e. The first-order valence-electron chi connectivity index (χ1n) is 10.4. The summed E-state index contributed by atoms with van der Waals surface area (Å²) in [6, 6.07) is 9.44. The third kappa shape index (κ3) is 4.18. The van der Waals surface area contributed by atoms with Crippen LogP contribution in [0.2, 0.25) is 0 Å². The van der Waals surface area contributed by atoms with E-state index in [1.165, 1.54) is 0 Å². The highest BCUT2D eigenvalue weighted by Crippen LogP contribution is 2.38. The van der Waals surface area contributed by atoms with E-state index >= 15 is 0 Å². The fraction of sp³-hybridized carbons (Fsp3) is 0.375. The minimum absolute atomic E-state index is 0.577. The summed E-state index contributed by atoms with van der Waals surface area (Å²) in [6.07, 6.45) is 4.67. The van der Waals surface area contributed by atoms with Crippen LogP contribution in [0.1, 0.15) is 29.7 Å². The standard InChI is InChI=1S/C24H28N4O3/c1-16-17(2)26-22(18-6-5-9-25-15-18)27-23(16)28-10-7-24(29,8-11-28)19-12-20(30-3)14-21(13-19)31-4/h5-6,9,12-15,29H,7-8,10-11H2,1-4H3. The van der Waals surface area contributed by atoms with Gasteiger partial charge in [-0.3, -0.25) is 4.98 Å². The van der Waals surface area contributed by atoms with E-state index in [4.69, 9.17) is 14.5 Å². The number of ether oxygens (including phenoxy) is 2. The minimum Gasteiger partial charge on any atom is -0.497 e. The fourth-order valence-electron chi connectivity index (χ4n) is 4.00. The quantitative estimate of drug-likeness (QED) is 0.675. The van der Waals surface area contributed by atoms with Crippen LogP contribution in [0.25, 0.3) is 11.4 Å². The van der Waals surface area contributed by atoms with Gasteiger partial charge in [-0.1, -0.05) is 0 Å². The lowest BCUT2D eigenvalue weighted by Gasteiger charge is -2.39. The molecule has 0 unspecified atom stereocenters. The first-order chi connectivity index (χ1) is 14.9. The van der Waals surface area contributed by atoms with E-state index in [9.17, 15) is 5.11 Å². The highest BCUT2D eigenvalue weighted by atomic mass is 16.5. The number of hydrogen-bond acceptors (Lipinski definition) is 7. The van der Waals surface area contributed by atoms with Gasteiger partial charge in [0.25, 0.3) is 0 Å². The fourth-order valence-corrected chi connectivity index (χ4v) is 4.00. The van der Waals surface area contributed by atoms with Crippen LogP contribution >= 0.6 is 0 Å². The topological polar surface area (TPSA) is 80.6 Å². The van der Waals surface area contributed by atoms with Crippen molar-refractivity contribution in [3.05, 3.63) is 59.5 Å². The van der Waals surface area contributed by atoms with Gasteiger partial charge in [0.05, 0.1) is 19.8 Å². The summed E-state index contributed by atoms with van der Waals surface area (Å²) in [5, 5.41) is 11.4. The van der Waals surface area contributed by atoms with Gasteiger partial charge < -0.3 is 19.5 Å². The molecule has 7 nitrogen and oxygen atoms in total. The van der Waals surface area contributed by atoms with Crippen molar-refractivity contribution in [3.63, 3.8) is 0 Å². The molecule has 2 aromatic heterocycles. The van der Waals surface area contributed by atoms with Gasteiger partial charge in [0.2, 0.25) is 0 Å². The van der Waals surface area contributed by atoms with Crippen LogP contribution in [-0.2, 0) is 5.60 Å². The molecule has 0 bridgehead atoms. The summed E-state index contributed by atoms with van der Waals surface area (Å²) >= 11 is 0. The molecule has 3 aromatic rings. The van der Waals surface area contributed by atoms with Crippen molar-refractivity contribution in [1.82, 2.24) is 15.0 Å². The Morgan fingerprint density at radius 3 is 2.26 bits per heavy atom. The molecular weight excluding hydrogens is 392 g/mol. The maximum Gasteiger partial charge on any atom is 0.163 e. The molecule has 162 valence electrons. The molecule has 0 amide bonds. The number of aliphatic hydroxyl groups is 1. The lowest BCUT2D eigenvalue weighted by molar-refractivity contribution is 0.0113.